The first-order valence-electron chi connectivity index (χ1n) is 2.67. The quantitative estimate of drug-likeness (QED) is 0.585. The molecule has 0 spiro atoms. The average Bonchev–Trinajstić information content (AvgIpc) is 1.80. The Bertz CT molecular complexity index is 220. The fourth-order valence-corrected chi connectivity index (χ4v) is 1.14. The number of phenols is 1. The normalized spacial score (nSPS) is 9.44. The minimum atomic E-state index is 0.356. The van der Waals surface area contributed by atoms with E-state index in [9.17, 15) is 0 Å². The van der Waals surface area contributed by atoms with Crippen LogP contribution in [0.25, 0.3) is 0 Å². The van der Waals surface area contributed by atoms with E-state index in [0.29, 0.717) is 5.75 Å². The number of rotatable bonds is 0. The summed E-state index contributed by atoms with van der Waals surface area (Å²) in [6, 6.07) is 5.42. The van der Waals surface area contributed by atoms with Gasteiger partial charge in [-0.05, 0) is 0 Å². The zero-order valence-corrected chi connectivity index (χ0v) is 6.80. The molecule has 0 amide bonds. The van der Waals surface area contributed by atoms with Crippen LogP contribution >= 0.6 is 0 Å². The summed E-state index contributed by atoms with van der Waals surface area (Å²) >= 11 is 2.86. The van der Waals surface area contributed by atoms with Crippen LogP contribution in [0.4, 0.5) is 0 Å². The van der Waals surface area contributed by atoms with Crippen molar-refractivity contribution in [3.8, 4) is 5.75 Å². The van der Waals surface area contributed by atoms with Crippen LogP contribution in [0.1, 0.15) is 5.56 Å². The van der Waals surface area contributed by atoms with Crippen molar-refractivity contribution in [2.75, 3.05) is 0 Å². The van der Waals surface area contributed by atoms with Gasteiger partial charge in [-0.1, -0.05) is 0 Å². The molecule has 0 atom stereocenters. The fourth-order valence-electron chi connectivity index (χ4n) is 0.628. The van der Waals surface area contributed by atoms with Gasteiger partial charge in [0.1, 0.15) is 0 Å². The zero-order valence-electron chi connectivity index (χ0n) is 5.09. The molecule has 9 heavy (non-hydrogen) atoms. The summed E-state index contributed by atoms with van der Waals surface area (Å²) < 4.78 is 1.06. The Morgan fingerprint density at radius 2 is 2.11 bits per heavy atom. The van der Waals surface area contributed by atoms with E-state index in [2.05, 4.69) is 16.0 Å². The molecule has 0 saturated heterocycles. The number of aryl methyl sites for hydroxylation is 1. The van der Waals surface area contributed by atoms with Crippen LogP contribution in [0.2, 0.25) is 0 Å². The number of benzene rings is 1. The van der Waals surface area contributed by atoms with Crippen LogP contribution in [-0.2, 0) is 0 Å². The zero-order chi connectivity index (χ0) is 6.85. The first-order valence-corrected chi connectivity index (χ1v) is 3.52. The number of hydrogen-bond acceptors (Lipinski definition) is 1. The van der Waals surface area contributed by atoms with Gasteiger partial charge in [0.15, 0.2) is 0 Å². The maximum absolute atomic E-state index is 9.03. The summed E-state index contributed by atoms with van der Waals surface area (Å²) in [4.78, 5) is 0. The third-order valence-electron chi connectivity index (χ3n) is 1.17. The third kappa shape index (κ3) is 1.47. The molecule has 0 saturated carbocycles. The van der Waals surface area contributed by atoms with E-state index in [1.165, 1.54) is 0 Å². The van der Waals surface area contributed by atoms with Crippen LogP contribution in [0, 0.1) is 6.92 Å². The van der Waals surface area contributed by atoms with Gasteiger partial charge in [-0.3, -0.25) is 0 Å². The molecule has 0 fully saturated rings. The van der Waals surface area contributed by atoms with Crippen molar-refractivity contribution < 1.29 is 5.11 Å². The van der Waals surface area contributed by atoms with Crippen LogP contribution in [0.5, 0.6) is 5.75 Å². The molecule has 0 aliphatic rings. The van der Waals surface area contributed by atoms with Crippen molar-refractivity contribution in [3.63, 3.8) is 0 Å². The molecule has 1 aromatic rings. The Hall–Kier alpha value is -0.461. The molecule has 1 N–H and O–H groups in total. The number of aromatic hydroxyl groups is 1. The van der Waals surface area contributed by atoms with E-state index < -0.39 is 0 Å². The van der Waals surface area contributed by atoms with Crippen molar-refractivity contribution in [3.05, 3.63) is 23.8 Å². The minimum absolute atomic E-state index is 0.356. The monoisotopic (exact) mass is 187 g/mol. The second-order valence-electron chi connectivity index (χ2n) is 1.95. The Labute approximate surface area is 62.5 Å². The molecule has 0 unspecified atom stereocenters. The third-order valence-corrected chi connectivity index (χ3v) is 1.70. The molecule has 47 valence electrons. The second-order valence-corrected chi connectivity index (χ2v) is 2.94. The van der Waals surface area contributed by atoms with Gasteiger partial charge >= 0.3 is 62.0 Å². The molecule has 0 bridgehead atoms. The first-order chi connectivity index (χ1) is 4.20. The predicted octanol–water partition coefficient (Wildman–Crippen LogP) is 0.494. The number of hydrogen-bond donors (Lipinski definition) is 1. The van der Waals surface area contributed by atoms with E-state index in [1.807, 2.05) is 19.1 Å². The molecular formula is C7H7OSe. The van der Waals surface area contributed by atoms with Gasteiger partial charge in [-0.2, -0.15) is 0 Å². The van der Waals surface area contributed by atoms with Crippen molar-refractivity contribution in [1.82, 2.24) is 0 Å². The summed E-state index contributed by atoms with van der Waals surface area (Å²) in [5, 5.41) is 9.03. The van der Waals surface area contributed by atoms with E-state index in [0.717, 1.165) is 10.0 Å². The van der Waals surface area contributed by atoms with Crippen LogP contribution < -0.4 is 4.46 Å². The van der Waals surface area contributed by atoms with Gasteiger partial charge in [0.2, 0.25) is 0 Å². The molecule has 0 aliphatic carbocycles. The van der Waals surface area contributed by atoms with Crippen LogP contribution in [0.3, 0.4) is 0 Å². The molecule has 0 aliphatic heterocycles. The second kappa shape index (κ2) is 2.42. The van der Waals surface area contributed by atoms with Gasteiger partial charge in [0.05, 0.1) is 0 Å². The summed E-state index contributed by atoms with van der Waals surface area (Å²) in [5.41, 5.74) is 0.909. The van der Waals surface area contributed by atoms with E-state index >= 15 is 0 Å². The first kappa shape index (κ1) is 6.66. The van der Waals surface area contributed by atoms with Crippen molar-refractivity contribution in [2.45, 2.75) is 6.92 Å². The Balaban J connectivity index is 3.17. The molecule has 1 radical (unpaired) electrons. The van der Waals surface area contributed by atoms with Gasteiger partial charge in [-0.25, -0.2) is 0 Å². The summed E-state index contributed by atoms with van der Waals surface area (Å²) in [7, 11) is 0. The number of phenolic OH excluding ortho intramolecular Hbond substituents is 1. The summed E-state index contributed by atoms with van der Waals surface area (Å²) in [6.07, 6.45) is 0. The van der Waals surface area contributed by atoms with Crippen LogP contribution in [0.15, 0.2) is 18.2 Å². The molecule has 1 rings (SSSR count). The van der Waals surface area contributed by atoms with Gasteiger partial charge in [0.25, 0.3) is 0 Å². The SMILES string of the molecule is Cc1cc([Se])ccc1O. The van der Waals surface area contributed by atoms with Gasteiger partial charge in [-0.15, -0.1) is 0 Å². The molecular weight excluding hydrogens is 179 g/mol. The van der Waals surface area contributed by atoms with Crippen LogP contribution in [-0.4, -0.2) is 21.1 Å². The van der Waals surface area contributed by atoms with Crippen molar-refractivity contribution >= 4 is 20.5 Å². The van der Waals surface area contributed by atoms with E-state index in [4.69, 9.17) is 5.11 Å². The average molecular weight is 186 g/mol. The Kier molecular flexibility index (Phi) is 1.79. The molecule has 1 aromatic carbocycles. The summed E-state index contributed by atoms with van der Waals surface area (Å²) in [5.74, 6) is 0.356. The molecule has 1 nitrogen and oxygen atoms in total. The van der Waals surface area contributed by atoms with E-state index in [-0.39, 0.29) is 0 Å². The van der Waals surface area contributed by atoms with E-state index in [1.54, 1.807) is 6.07 Å². The predicted molar refractivity (Wildman–Crippen MR) is 38.2 cm³/mol. The molecule has 2 heteroatoms. The summed E-state index contributed by atoms with van der Waals surface area (Å²) in [6.45, 7) is 1.87. The standard InChI is InChI=1S/C7H7OSe/c1-5-4-6(9)2-3-7(5)8/h2-4,8H,1H3. The van der Waals surface area contributed by atoms with Crippen molar-refractivity contribution in [2.24, 2.45) is 0 Å². The van der Waals surface area contributed by atoms with Crippen molar-refractivity contribution in [1.29, 1.82) is 0 Å². The topological polar surface area (TPSA) is 20.2 Å². The maximum atomic E-state index is 9.03. The molecule has 0 heterocycles. The fraction of sp³-hybridized carbons (Fsp3) is 0.143. The Morgan fingerprint density at radius 3 is 2.56 bits per heavy atom. The Morgan fingerprint density at radius 1 is 1.44 bits per heavy atom. The molecule has 0 aromatic heterocycles. The van der Waals surface area contributed by atoms with Gasteiger partial charge in [0, 0.05) is 0 Å². The van der Waals surface area contributed by atoms with Gasteiger partial charge < -0.3 is 0 Å².